The van der Waals surface area contributed by atoms with E-state index in [1.807, 2.05) is 18.8 Å². The smallest absolute Gasteiger partial charge is 0.184 e. The highest BCUT2D eigenvalue weighted by Gasteiger charge is 2.04. The monoisotopic (exact) mass is 337 g/mol. The minimum Gasteiger partial charge on any atom is -0.369 e. The van der Waals surface area contributed by atoms with Crippen LogP contribution in [0.2, 0.25) is 0 Å². The molecule has 0 bridgehead atoms. The summed E-state index contributed by atoms with van der Waals surface area (Å²) in [6, 6.07) is 8.82. The van der Waals surface area contributed by atoms with Crippen LogP contribution in [0.1, 0.15) is 11.1 Å². The maximum atomic E-state index is 4.23. The van der Waals surface area contributed by atoms with Crippen LogP contribution >= 0.6 is 23.5 Å². The SMILES string of the molecule is CNc1nsnc1NCCSCc1cccc(CN(C)C)c1. The van der Waals surface area contributed by atoms with Crippen molar-refractivity contribution in [1.82, 2.24) is 13.6 Å². The number of hydrogen-bond donors (Lipinski definition) is 2. The van der Waals surface area contributed by atoms with Crippen LogP contribution < -0.4 is 10.6 Å². The summed E-state index contributed by atoms with van der Waals surface area (Å²) in [6.07, 6.45) is 0. The lowest BCUT2D eigenvalue weighted by atomic mass is 10.1. The van der Waals surface area contributed by atoms with Crippen molar-refractivity contribution >= 4 is 35.1 Å². The molecule has 0 aliphatic heterocycles. The summed E-state index contributed by atoms with van der Waals surface area (Å²) < 4.78 is 8.39. The summed E-state index contributed by atoms with van der Waals surface area (Å²) in [6.45, 7) is 1.88. The second-order valence-corrected chi connectivity index (χ2v) is 6.88. The third-order valence-electron chi connectivity index (χ3n) is 3.02. The van der Waals surface area contributed by atoms with E-state index in [2.05, 4.69) is 62.6 Å². The van der Waals surface area contributed by atoms with Crippen LogP contribution in [0.3, 0.4) is 0 Å². The second kappa shape index (κ2) is 8.97. The van der Waals surface area contributed by atoms with Crippen molar-refractivity contribution in [3.8, 4) is 0 Å². The minimum absolute atomic E-state index is 0.825. The zero-order chi connectivity index (χ0) is 15.8. The molecular weight excluding hydrogens is 314 g/mol. The normalized spacial score (nSPS) is 10.9. The van der Waals surface area contributed by atoms with Gasteiger partial charge in [-0.2, -0.15) is 20.5 Å². The number of thioether (sulfide) groups is 1. The molecule has 0 spiro atoms. The summed E-state index contributed by atoms with van der Waals surface area (Å²) in [5, 5.41) is 6.34. The Morgan fingerprint density at radius 3 is 2.73 bits per heavy atom. The van der Waals surface area contributed by atoms with Crippen LogP contribution in [0, 0.1) is 0 Å². The Morgan fingerprint density at radius 2 is 1.95 bits per heavy atom. The quantitative estimate of drug-likeness (QED) is 0.686. The molecule has 1 heterocycles. The van der Waals surface area contributed by atoms with Gasteiger partial charge in [0.15, 0.2) is 11.6 Å². The van der Waals surface area contributed by atoms with Crippen molar-refractivity contribution in [3.63, 3.8) is 0 Å². The highest BCUT2D eigenvalue weighted by Crippen LogP contribution is 2.18. The van der Waals surface area contributed by atoms with Gasteiger partial charge >= 0.3 is 0 Å². The molecule has 0 amide bonds. The number of hydrogen-bond acceptors (Lipinski definition) is 7. The third kappa shape index (κ3) is 5.47. The molecular formula is C15H23N5S2. The zero-order valence-corrected chi connectivity index (χ0v) is 14.9. The lowest BCUT2D eigenvalue weighted by Crippen LogP contribution is -2.10. The Balaban J connectivity index is 1.70. The Bertz CT molecular complexity index is 571. The van der Waals surface area contributed by atoms with Gasteiger partial charge in [-0.3, -0.25) is 0 Å². The average Bonchev–Trinajstić information content (AvgIpc) is 2.94. The summed E-state index contributed by atoms with van der Waals surface area (Å²) >= 11 is 3.15. The largest absolute Gasteiger partial charge is 0.369 e. The van der Waals surface area contributed by atoms with Gasteiger partial charge in [0.05, 0.1) is 11.7 Å². The molecule has 2 N–H and O–H groups in total. The van der Waals surface area contributed by atoms with Gasteiger partial charge in [-0.05, 0) is 25.2 Å². The van der Waals surface area contributed by atoms with Crippen LogP contribution in [-0.4, -0.2) is 47.1 Å². The molecule has 22 heavy (non-hydrogen) atoms. The van der Waals surface area contributed by atoms with Crippen molar-refractivity contribution in [3.05, 3.63) is 35.4 Å². The number of rotatable bonds is 9. The molecule has 1 aromatic carbocycles. The predicted molar refractivity (Wildman–Crippen MR) is 97.9 cm³/mol. The fraction of sp³-hybridized carbons (Fsp3) is 0.467. The summed E-state index contributed by atoms with van der Waals surface area (Å²) in [4.78, 5) is 2.19. The van der Waals surface area contributed by atoms with Crippen molar-refractivity contribution in [1.29, 1.82) is 0 Å². The van der Waals surface area contributed by atoms with E-state index in [1.54, 1.807) is 0 Å². The molecule has 0 aliphatic rings. The minimum atomic E-state index is 0.825. The summed E-state index contributed by atoms with van der Waals surface area (Å²) in [7, 11) is 6.05. The van der Waals surface area contributed by atoms with E-state index >= 15 is 0 Å². The fourth-order valence-electron chi connectivity index (χ4n) is 2.08. The molecule has 120 valence electrons. The van der Waals surface area contributed by atoms with E-state index < -0.39 is 0 Å². The Kier molecular flexibility index (Phi) is 6.95. The van der Waals surface area contributed by atoms with E-state index in [0.717, 1.165) is 36.2 Å². The van der Waals surface area contributed by atoms with E-state index in [-0.39, 0.29) is 0 Å². The van der Waals surface area contributed by atoms with Crippen molar-refractivity contribution in [2.24, 2.45) is 0 Å². The van der Waals surface area contributed by atoms with E-state index in [1.165, 1.54) is 22.9 Å². The Labute approximate surface area is 140 Å². The molecule has 2 rings (SSSR count). The van der Waals surface area contributed by atoms with Gasteiger partial charge in [0.2, 0.25) is 0 Å². The van der Waals surface area contributed by atoms with Gasteiger partial charge in [-0.25, -0.2) is 0 Å². The molecule has 5 nitrogen and oxygen atoms in total. The third-order valence-corrected chi connectivity index (χ3v) is 4.58. The first-order chi connectivity index (χ1) is 10.7. The van der Waals surface area contributed by atoms with E-state index in [9.17, 15) is 0 Å². The molecule has 0 unspecified atom stereocenters. The summed E-state index contributed by atoms with van der Waals surface area (Å²) in [5.41, 5.74) is 2.75. The van der Waals surface area contributed by atoms with Crippen LogP contribution in [0.25, 0.3) is 0 Å². The highest BCUT2D eigenvalue weighted by molar-refractivity contribution is 7.98. The van der Waals surface area contributed by atoms with Crippen molar-refractivity contribution < 1.29 is 0 Å². The first-order valence-corrected chi connectivity index (χ1v) is 9.12. The number of nitrogens with zero attached hydrogens (tertiary/aromatic N) is 3. The molecule has 0 fully saturated rings. The molecule has 0 atom stereocenters. The Morgan fingerprint density at radius 1 is 1.18 bits per heavy atom. The van der Waals surface area contributed by atoms with Gasteiger partial charge in [0.25, 0.3) is 0 Å². The van der Waals surface area contributed by atoms with E-state index in [0.29, 0.717) is 0 Å². The van der Waals surface area contributed by atoms with Gasteiger partial charge in [0.1, 0.15) is 0 Å². The number of nitrogens with one attached hydrogen (secondary N) is 2. The van der Waals surface area contributed by atoms with Crippen molar-refractivity contribution in [2.75, 3.05) is 44.1 Å². The van der Waals surface area contributed by atoms with Crippen LogP contribution in [0.15, 0.2) is 24.3 Å². The van der Waals surface area contributed by atoms with Gasteiger partial charge in [0, 0.05) is 31.6 Å². The van der Waals surface area contributed by atoms with Gasteiger partial charge in [-0.15, -0.1) is 0 Å². The maximum absolute atomic E-state index is 4.23. The molecule has 1 aromatic heterocycles. The molecule has 0 saturated heterocycles. The van der Waals surface area contributed by atoms with E-state index in [4.69, 9.17) is 0 Å². The predicted octanol–water partition coefficient (Wildman–Crippen LogP) is 2.99. The topological polar surface area (TPSA) is 53.1 Å². The first-order valence-electron chi connectivity index (χ1n) is 7.23. The molecule has 2 aromatic rings. The first kappa shape index (κ1) is 17.1. The lowest BCUT2D eigenvalue weighted by Gasteiger charge is -2.11. The number of benzene rings is 1. The van der Waals surface area contributed by atoms with Crippen LogP contribution in [-0.2, 0) is 12.3 Å². The van der Waals surface area contributed by atoms with Gasteiger partial charge < -0.3 is 15.5 Å². The standard InChI is InChI=1S/C15H23N5S2/c1-16-14-15(19-22-18-14)17-7-8-21-11-13-6-4-5-12(9-13)10-20(2)3/h4-6,9H,7-8,10-11H2,1-3H3,(H,16,18)(H,17,19). The number of anilines is 2. The van der Waals surface area contributed by atoms with Crippen LogP contribution in [0.5, 0.6) is 0 Å². The highest BCUT2D eigenvalue weighted by atomic mass is 32.2. The van der Waals surface area contributed by atoms with Crippen molar-refractivity contribution in [2.45, 2.75) is 12.3 Å². The molecule has 0 aliphatic carbocycles. The lowest BCUT2D eigenvalue weighted by molar-refractivity contribution is 0.402. The van der Waals surface area contributed by atoms with Crippen LogP contribution in [0.4, 0.5) is 11.6 Å². The summed E-state index contributed by atoms with van der Waals surface area (Å²) in [5.74, 6) is 3.75. The molecule has 7 heteroatoms. The fourth-order valence-corrected chi connectivity index (χ4v) is 3.42. The second-order valence-electron chi connectivity index (χ2n) is 5.25. The number of aromatic nitrogens is 2. The average molecular weight is 338 g/mol. The van der Waals surface area contributed by atoms with Gasteiger partial charge in [-0.1, -0.05) is 24.3 Å². The zero-order valence-electron chi connectivity index (χ0n) is 13.3. The molecule has 0 saturated carbocycles. The molecule has 0 radical (unpaired) electrons. The maximum Gasteiger partial charge on any atom is 0.184 e. The Hall–Kier alpha value is -1.31.